The number of hydrogen-bond acceptors (Lipinski definition) is 3. The van der Waals surface area contributed by atoms with E-state index < -0.39 is 5.60 Å². The highest BCUT2D eigenvalue weighted by Gasteiger charge is 2.40. The first-order chi connectivity index (χ1) is 10.1. The SMILES string of the molecule is CC(C)(C)NC(=O)CCN1C(=O)C(C)(C)Oc2ccccc21. The van der Waals surface area contributed by atoms with E-state index in [-0.39, 0.29) is 23.8 Å². The zero-order valence-electron chi connectivity index (χ0n) is 13.9. The predicted octanol–water partition coefficient (Wildman–Crippen LogP) is 2.50. The minimum Gasteiger partial charge on any atom is -0.476 e. The molecular formula is C17H24N2O3. The van der Waals surface area contributed by atoms with Crippen LogP contribution in [0.5, 0.6) is 5.75 Å². The van der Waals surface area contributed by atoms with Gasteiger partial charge in [0.2, 0.25) is 5.91 Å². The number of nitrogens with one attached hydrogen (secondary N) is 1. The molecule has 1 aromatic carbocycles. The van der Waals surface area contributed by atoms with Crippen LogP contribution >= 0.6 is 0 Å². The van der Waals surface area contributed by atoms with Gasteiger partial charge in [-0.3, -0.25) is 9.59 Å². The fourth-order valence-electron chi connectivity index (χ4n) is 2.44. The number of benzene rings is 1. The highest BCUT2D eigenvalue weighted by molar-refractivity contribution is 6.02. The van der Waals surface area contributed by atoms with E-state index in [4.69, 9.17) is 4.74 Å². The second kappa shape index (κ2) is 5.63. The number of rotatable bonds is 3. The molecule has 0 unspecified atom stereocenters. The van der Waals surface area contributed by atoms with Crippen molar-refractivity contribution in [1.29, 1.82) is 0 Å². The Morgan fingerprint density at radius 3 is 2.55 bits per heavy atom. The van der Waals surface area contributed by atoms with Crippen LogP contribution in [0, 0.1) is 0 Å². The third kappa shape index (κ3) is 3.59. The minimum absolute atomic E-state index is 0.0675. The zero-order chi connectivity index (χ0) is 16.5. The van der Waals surface area contributed by atoms with Gasteiger partial charge >= 0.3 is 0 Å². The number of fused-ring (bicyclic) bond motifs is 1. The molecule has 0 aliphatic carbocycles. The van der Waals surface area contributed by atoms with Crippen LogP contribution in [0.25, 0.3) is 0 Å². The van der Waals surface area contributed by atoms with Gasteiger partial charge in [0.15, 0.2) is 5.60 Å². The first kappa shape index (κ1) is 16.3. The topological polar surface area (TPSA) is 58.6 Å². The Morgan fingerprint density at radius 1 is 1.27 bits per heavy atom. The van der Waals surface area contributed by atoms with Crippen LogP contribution in [-0.2, 0) is 9.59 Å². The predicted molar refractivity (Wildman–Crippen MR) is 86.0 cm³/mol. The number of ether oxygens (including phenoxy) is 1. The lowest BCUT2D eigenvalue weighted by Gasteiger charge is -2.38. The molecule has 0 bridgehead atoms. The molecule has 0 atom stereocenters. The van der Waals surface area contributed by atoms with Gasteiger partial charge in [-0.1, -0.05) is 12.1 Å². The Bertz CT molecular complexity index is 588. The summed E-state index contributed by atoms with van der Waals surface area (Å²) < 4.78 is 5.76. The van der Waals surface area contributed by atoms with Crippen LogP contribution in [-0.4, -0.2) is 29.5 Å². The molecule has 1 aromatic rings. The van der Waals surface area contributed by atoms with Crippen LogP contribution in [0.15, 0.2) is 24.3 Å². The summed E-state index contributed by atoms with van der Waals surface area (Å²) in [4.78, 5) is 26.2. The lowest BCUT2D eigenvalue weighted by atomic mass is 10.0. The molecule has 5 nitrogen and oxygen atoms in total. The van der Waals surface area contributed by atoms with Crippen LogP contribution in [0.2, 0.25) is 0 Å². The van der Waals surface area contributed by atoms with Crippen molar-refractivity contribution in [2.75, 3.05) is 11.4 Å². The smallest absolute Gasteiger partial charge is 0.270 e. The summed E-state index contributed by atoms with van der Waals surface area (Å²) in [6.45, 7) is 9.63. The van der Waals surface area contributed by atoms with E-state index in [1.807, 2.05) is 45.0 Å². The van der Waals surface area contributed by atoms with Gasteiger partial charge in [0.05, 0.1) is 5.69 Å². The molecule has 2 rings (SSSR count). The van der Waals surface area contributed by atoms with E-state index in [1.165, 1.54) is 0 Å². The fraction of sp³-hybridized carbons (Fsp3) is 0.529. The fourth-order valence-corrected chi connectivity index (χ4v) is 2.44. The van der Waals surface area contributed by atoms with Crippen molar-refractivity contribution in [2.24, 2.45) is 0 Å². The van der Waals surface area contributed by atoms with Crippen molar-refractivity contribution >= 4 is 17.5 Å². The van der Waals surface area contributed by atoms with Crippen LogP contribution in [0.1, 0.15) is 41.0 Å². The molecule has 0 spiro atoms. The summed E-state index contributed by atoms with van der Waals surface area (Å²) in [5.41, 5.74) is -0.478. The lowest BCUT2D eigenvalue weighted by molar-refractivity contribution is -0.132. The van der Waals surface area contributed by atoms with Gasteiger partial charge in [-0.2, -0.15) is 0 Å². The van der Waals surface area contributed by atoms with E-state index in [9.17, 15) is 9.59 Å². The van der Waals surface area contributed by atoms with Gasteiger partial charge in [0, 0.05) is 18.5 Å². The van der Waals surface area contributed by atoms with E-state index >= 15 is 0 Å². The molecule has 1 heterocycles. The third-order valence-electron chi connectivity index (χ3n) is 3.36. The highest BCUT2D eigenvalue weighted by Crippen LogP contribution is 2.37. The number of carbonyl (C=O) groups excluding carboxylic acids is 2. The molecule has 1 aliphatic heterocycles. The number of para-hydroxylation sites is 2. The molecule has 22 heavy (non-hydrogen) atoms. The maximum Gasteiger partial charge on any atom is 0.270 e. The Kier molecular flexibility index (Phi) is 4.18. The second-order valence-corrected chi connectivity index (χ2v) is 7.09. The molecule has 0 radical (unpaired) electrons. The molecule has 0 fully saturated rings. The maximum atomic E-state index is 12.6. The standard InChI is InChI=1S/C17H24N2O3/c1-16(2,3)18-14(20)10-11-19-12-8-6-7-9-13(12)22-17(4,5)15(19)21/h6-9H,10-11H2,1-5H3,(H,18,20). The van der Waals surface area contributed by atoms with E-state index in [1.54, 1.807) is 18.7 Å². The zero-order valence-corrected chi connectivity index (χ0v) is 13.9. The molecule has 1 N–H and O–H groups in total. The normalized spacial score (nSPS) is 16.8. The number of carbonyl (C=O) groups is 2. The Morgan fingerprint density at radius 2 is 1.91 bits per heavy atom. The summed E-state index contributed by atoms with van der Waals surface area (Å²) in [5, 5.41) is 2.91. The van der Waals surface area contributed by atoms with Gasteiger partial charge in [-0.15, -0.1) is 0 Å². The summed E-state index contributed by atoms with van der Waals surface area (Å²) >= 11 is 0. The molecule has 1 aliphatic rings. The first-order valence-corrected chi connectivity index (χ1v) is 7.51. The van der Waals surface area contributed by atoms with Crippen molar-refractivity contribution in [3.63, 3.8) is 0 Å². The van der Waals surface area contributed by atoms with Crippen LogP contribution in [0.4, 0.5) is 5.69 Å². The van der Waals surface area contributed by atoms with Crippen molar-refractivity contribution in [3.05, 3.63) is 24.3 Å². The molecular weight excluding hydrogens is 280 g/mol. The maximum absolute atomic E-state index is 12.6. The number of nitrogens with zero attached hydrogens (tertiary/aromatic N) is 1. The van der Waals surface area contributed by atoms with Crippen LogP contribution < -0.4 is 15.0 Å². The summed E-state index contributed by atoms with van der Waals surface area (Å²) in [6.07, 6.45) is 0.257. The van der Waals surface area contributed by atoms with Crippen molar-refractivity contribution < 1.29 is 14.3 Å². The molecule has 120 valence electrons. The monoisotopic (exact) mass is 304 g/mol. The number of amides is 2. The lowest BCUT2D eigenvalue weighted by Crippen LogP contribution is -2.53. The van der Waals surface area contributed by atoms with Crippen molar-refractivity contribution in [1.82, 2.24) is 5.32 Å². The molecule has 0 aromatic heterocycles. The highest BCUT2D eigenvalue weighted by atomic mass is 16.5. The van der Waals surface area contributed by atoms with Crippen molar-refractivity contribution in [2.45, 2.75) is 52.2 Å². The van der Waals surface area contributed by atoms with Gasteiger partial charge < -0.3 is 15.0 Å². The summed E-state index contributed by atoms with van der Waals surface area (Å²) in [5.74, 6) is 0.472. The average Bonchev–Trinajstić information content (AvgIpc) is 2.37. The van der Waals surface area contributed by atoms with E-state index in [0.717, 1.165) is 5.69 Å². The third-order valence-corrected chi connectivity index (χ3v) is 3.36. The van der Waals surface area contributed by atoms with E-state index in [0.29, 0.717) is 12.3 Å². The van der Waals surface area contributed by atoms with E-state index in [2.05, 4.69) is 5.32 Å². The van der Waals surface area contributed by atoms with Gasteiger partial charge in [-0.05, 0) is 46.8 Å². The summed E-state index contributed by atoms with van der Waals surface area (Å²) in [6, 6.07) is 7.40. The Balaban J connectivity index is 2.15. The Hall–Kier alpha value is -2.04. The molecule has 0 saturated heterocycles. The number of anilines is 1. The molecule has 0 saturated carbocycles. The minimum atomic E-state index is -0.922. The second-order valence-electron chi connectivity index (χ2n) is 7.09. The van der Waals surface area contributed by atoms with Gasteiger partial charge in [-0.25, -0.2) is 0 Å². The number of hydrogen-bond donors (Lipinski definition) is 1. The Labute approximate surface area is 131 Å². The quantitative estimate of drug-likeness (QED) is 0.933. The molecule has 5 heteroatoms. The average molecular weight is 304 g/mol. The van der Waals surface area contributed by atoms with Crippen molar-refractivity contribution in [3.8, 4) is 5.75 Å². The van der Waals surface area contributed by atoms with Gasteiger partial charge in [0.1, 0.15) is 5.75 Å². The first-order valence-electron chi connectivity index (χ1n) is 7.51. The van der Waals surface area contributed by atoms with Gasteiger partial charge in [0.25, 0.3) is 5.91 Å². The summed E-state index contributed by atoms with van der Waals surface area (Å²) in [7, 11) is 0. The van der Waals surface area contributed by atoms with Crippen LogP contribution in [0.3, 0.4) is 0 Å². The molecule has 2 amide bonds. The largest absolute Gasteiger partial charge is 0.476 e.